The molecular weight excluding hydrogens is 182 g/mol. The van der Waals surface area contributed by atoms with Crippen molar-refractivity contribution in [2.24, 2.45) is 0 Å². The number of aromatic carboxylic acids is 1. The topological polar surface area (TPSA) is 76.5 Å². The maximum Gasteiger partial charge on any atom is 0.339 e. The van der Waals surface area contributed by atoms with Crippen LogP contribution in [0.15, 0.2) is 22.6 Å². The molecular formula is C10H9NO3. The molecule has 0 saturated heterocycles. The van der Waals surface area contributed by atoms with Gasteiger partial charge in [-0.05, 0) is 25.1 Å². The molecule has 1 aromatic carbocycles. The Morgan fingerprint density at radius 2 is 2.21 bits per heavy atom. The maximum atomic E-state index is 10.9. The number of rotatable bonds is 1. The summed E-state index contributed by atoms with van der Waals surface area (Å²) < 4.78 is 5.28. The molecule has 0 radical (unpaired) electrons. The van der Waals surface area contributed by atoms with E-state index < -0.39 is 5.97 Å². The van der Waals surface area contributed by atoms with Gasteiger partial charge in [0, 0.05) is 11.1 Å². The van der Waals surface area contributed by atoms with Crippen molar-refractivity contribution in [3.8, 4) is 0 Å². The number of nitrogens with two attached hydrogens (primary N) is 1. The Morgan fingerprint density at radius 3 is 2.86 bits per heavy atom. The van der Waals surface area contributed by atoms with Gasteiger partial charge in [-0.15, -0.1) is 0 Å². The van der Waals surface area contributed by atoms with Gasteiger partial charge in [0.05, 0.1) is 0 Å². The minimum absolute atomic E-state index is 0.187. The third-order valence-corrected chi connectivity index (χ3v) is 2.10. The Balaban J connectivity index is 2.86. The van der Waals surface area contributed by atoms with E-state index in [9.17, 15) is 4.79 Å². The number of furan rings is 1. The number of nitrogen functional groups attached to an aromatic ring is 1. The summed E-state index contributed by atoms with van der Waals surface area (Å²) in [6, 6.07) is 4.95. The average Bonchev–Trinajstić information content (AvgIpc) is 2.40. The summed E-state index contributed by atoms with van der Waals surface area (Å²) >= 11 is 0. The van der Waals surface area contributed by atoms with E-state index in [-0.39, 0.29) is 5.56 Å². The SMILES string of the molecule is Cc1oc2ccc(N)cc2c1C(=O)O. The summed E-state index contributed by atoms with van der Waals surface area (Å²) in [6.45, 7) is 1.62. The first-order valence-corrected chi connectivity index (χ1v) is 4.11. The molecule has 4 heteroatoms. The van der Waals surface area contributed by atoms with Gasteiger partial charge in [-0.2, -0.15) is 0 Å². The number of carboxylic acids is 1. The van der Waals surface area contributed by atoms with Crippen molar-refractivity contribution in [2.75, 3.05) is 5.73 Å². The van der Waals surface area contributed by atoms with Crippen molar-refractivity contribution in [1.82, 2.24) is 0 Å². The number of benzene rings is 1. The van der Waals surface area contributed by atoms with Crippen LogP contribution in [0.25, 0.3) is 11.0 Å². The molecule has 0 spiro atoms. The van der Waals surface area contributed by atoms with E-state index in [4.69, 9.17) is 15.3 Å². The van der Waals surface area contributed by atoms with Gasteiger partial charge in [-0.25, -0.2) is 4.79 Å². The normalized spacial score (nSPS) is 10.6. The number of fused-ring (bicyclic) bond motifs is 1. The molecule has 1 heterocycles. The molecule has 0 bridgehead atoms. The molecule has 0 fully saturated rings. The number of anilines is 1. The quantitative estimate of drug-likeness (QED) is 0.676. The van der Waals surface area contributed by atoms with E-state index in [1.165, 1.54) is 0 Å². The Hall–Kier alpha value is -1.97. The highest BCUT2D eigenvalue weighted by Crippen LogP contribution is 2.26. The van der Waals surface area contributed by atoms with E-state index >= 15 is 0 Å². The van der Waals surface area contributed by atoms with Crippen molar-refractivity contribution >= 4 is 22.6 Å². The lowest BCUT2D eigenvalue weighted by molar-refractivity contribution is 0.0697. The van der Waals surface area contributed by atoms with Crippen LogP contribution in [0.2, 0.25) is 0 Å². The standard InChI is InChI=1S/C10H9NO3/c1-5-9(10(12)13)7-4-6(11)2-3-8(7)14-5/h2-4H,11H2,1H3,(H,12,13). The van der Waals surface area contributed by atoms with Crippen molar-refractivity contribution in [3.05, 3.63) is 29.5 Å². The first kappa shape index (κ1) is 8.62. The summed E-state index contributed by atoms with van der Waals surface area (Å²) in [5, 5.41) is 9.49. The predicted octanol–water partition coefficient (Wildman–Crippen LogP) is 2.02. The van der Waals surface area contributed by atoms with Gasteiger partial charge < -0.3 is 15.3 Å². The number of carbonyl (C=O) groups is 1. The van der Waals surface area contributed by atoms with Gasteiger partial charge in [-0.1, -0.05) is 0 Å². The zero-order valence-corrected chi connectivity index (χ0v) is 7.57. The lowest BCUT2D eigenvalue weighted by Gasteiger charge is -1.93. The first-order valence-electron chi connectivity index (χ1n) is 4.11. The summed E-state index contributed by atoms with van der Waals surface area (Å²) in [6.07, 6.45) is 0. The molecule has 3 N–H and O–H groups in total. The molecule has 2 rings (SSSR count). The molecule has 0 aliphatic rings. The summed E-state index contributed by atoms with van der Waals surface area (Å²) in [5.74, 6) is -0.593. The van der Waals surface area contributed by atoms with Crippen molar-refractivity contribution in [1.29, 1.82) is 0 Å². The van der Waals surface area contributed by atoms with E-state index in [1.807, 2.05) is 0 Å². The second-order valence-corrected chi connectivity index (χ2v) is 3.09. The Labute approximate surface area is 79.9 Å². The molecule has 0 unspecified atom stereocenters. The van der Waals surface area contributed by atoms with Crippen LogP contribution in [0.3, 0.4) is 0 Å². The summed E-state index contributed by atoms with van der Waals surface area (Å²) in [5.41, 5.74) is 6.83. The molecule has 1 aromatic heterocycles. The van der Waals surface area contributed by atoms with Crippen LogP contribution in [0.5, 0.6) is 0 Å². The van der Waals surface area contributed by atoms with Crippen molar-refractivity contribution in [3.63, 3.8) is 0 Å². The van der Waals surface area contributed by atoms with Crippen LogP contribution in [0.1, 0.15) is 16.1 Å². The van der Waals surface area contributed by atoms with E-state index in [2.05, 4.69) is 0 Å². The van der Waals surface area contributed by atoms with Crippen LogP contribution in [0.4, 0.5) is 5.69 Å². The average molecular weight is 191 g/mol. The van der Waals surface area contributed by atoms with Gasteiger partial charge in [0.15, 0.2) is 0 Å². The molecule has 0 saturated carbocycles. The monoisotopic (exact) mass is 191 g/mol. The van der Waals surface area contributed by atoms with E-state index in [0.717, 1.165) is 0 Å². The molecule has 0 aliphatic carbocycles. The second kappa shape index (κ2) is 2.77. The number of aryl methyl sites for hydroxylation is 1. The van der Waals surface area contributed by atoms with Crippen molar-refractivity contribution in [2.45, 2.75) is 6.92 Å². The third-order valence-electron chi connectivity index (χ3n) is 2.10. The van der Waals surface area contributed by atoms with Crippen molar-refractivity contribution < 1.29 is 14.3 Å². The fraction of sp³-hybridized carbons (Fsp3) is 0.100. The minimum Gasteiger partial charge on any atom is -0.478 e. The Bertz CT molecular complexity index is 513. The summed E-state index contributed by atoms with van der Waals surface area (Å²) in [7, 11) is 0. The highest BCUT2D eigenvalue weighted by molar-refractivity contribution is 6.04. The van der Waals surface area contributed by atoms with Crippen LogP contribution < -0.4 is 5.73 Å². The fourth-order valence-corrected chi connectivity index (χ4v) is 1.50. The van der Waals surface area contributed by atoms with Gasteiger partial charge >= 0.3 is 5.97 Å². The number of hydrogen-bond acceptors (Lipinski definition) is 3. The van der Waals surface area contributed by atoms with Crippen LogP contribution >= 0.6 is 0 Å². The zero-order chi connectivity index (χ0) is 10.3. The first-order chi connectivity index (χ1) is 6.59. The molecule has 0 atom stereocenters. The maximum absolute atomic E-state index is 10.9. The van der Waals surface area contributed by atoms with Crippen LogP contribution in [-0.4, -0.2) is 11.1 Å². The largest absolute Gasteiger partial charge is 0.478 e. The molecule has 4 nitrogen and oxygen atoms in total. The van der Waals surface area contributed by atoms with Gasteiger partial charge in [-0.3, -0.25) is 0 Å². The zero-order valence-electron chi connectivity index (χ0n) is 7.57. The van der Waals surface area contributed by atoms with Gasteiger partial charge in [0.1, 0.15) is 16.9 Å². The third kappa shape index (κ3) is 1.12. The van der Waals surface area contributed by atoms with Crippen LogP contribution in [0, 0.1) is 6.92 Å². The molecule has 72 valence electrons. The highest BCUT2D eigenvalue weighted by atomic mass is 16.4. The Morgan fingerprint density at radius 1 is 1.50 bits per heavy atom. The fourth-order valence-electron chi connectivity index (χ4n) is 1.50. The van der Waals surface area contributed by atoms with Gasteiger partial charge in [0.2, 0.25) is 0 Å². The minimum atomic E-state index is -0.994. The van der Waals surface area contributed by atoms with E-state index in [0.29, 0.717) is 22.4 Å². The van der Waals surface area contributed by atoms with Crippen LogP contribution in [-0.2, 0) is 0 Å². The lowest BCUT2D eigenvalue weighted by atomic mass is 10.1. The Kier molecular flexibility index (Phi) is 1.70. The van der Waals surface area contributed by atoms with Gasteiger partial charge in [0.25, 0.3) is 0 Å². The predicted molar refractivity (Wildman–Crippen MR) is 52.3 cm³/mol. The molecule has 0 amide bonds. The lowest BCUT2D eigenvalue weighted by Crippen LogP contribution is -1.96. The van der Waals surface area contributed by atoms with E-state index in [1.54, 1.807) is 25.1 Å². The molecule has 14 heavy (non-hydrogen) atoms. The molecule has 0 aliphatic heterocycles. The smallest absolute Gasteiger partial charge is 0.339 e. The summed E-state index contributed by atoms with van der Waals surface area (Å²) in [4.78, 5) is 10.9. The number of hydrogen-bond donors (Lipinski definition) is 2. The molecule has 2 aromatic rings. The number of carboxylic acid groups (broad SMARTS) is 1. The highest BCUT2D eigenvalue weighted by Gasteiger charge is 2.16. The second-order valence-electron chi connectivity index (χ2n) is 3.09.